The van der Waals surface area contributed by atoms with Gasteiger partial charge in [0.05, 0.1) is 36.3 Å². The summed E-state index contributed by atoms with van der Waals surface area (Å²) in [5.41, 5.74) is 4.57. The molecule has 0 saturated carbocycles. The zero-order chi connectivity index (χ0) is 41.3. The molecule has 2 aromatic heterocycles. The van der Waals surface area contributed by atoms with Crippen LogP contribution in [0.3, 0.4) is 0 Å². The summed E-state index contributed by atoms with van der Waals surface area (Å²) in [6.07, 6.45) is -0.701. The molecular weight excluding hydrogens is 760 g/mol. The van der Waals surface area contributed by atoms with Gasteiger partial charge < -0.3 is 23.9 Å². The largest absolute Gasteiger partial charge is 0.453 e. The number of rotatable bonds is 11. The third kappa shape index (κ3) is 12.0. The fourth-order valence-corrected chi connectivity index (χ4v) is 5.03. The Balaban J connectivity index is 0.000000221. The highest BCUT2D eigenvalue weighted by Crippen LogP contribution is 2.23. The average molecular weight is 799 g/mol. The number of fused-ring (bicyclic) bond motifs is 2. The maximum absolute atomic E-state index is 12.7. The van der Waals surface area contributed by atoms with E-state index < -0.39 is 12.2 Å². The van der Waals surface area contributed by atoms with Crippen LogP contribution in [-0.2, 0) is 35.3 Å². The average Bonchev–Trinajstić information content (AvgIpc) is 3.81. The Hall–Kier alpha value is -7.07. The molecule has 6 rings (SSSR count). The van der Waals surface area contributed by atoms with Crippen LogP contribution in [0, 0.1) is 0 Å². The van der Waals surface area contributed by atoms with E-state index in [1.165, 1.54) is 18.8 Å². The molecule has 0 unspecified atom stereocenters. The highest BCUT2D eigenvalue weighted by molar-refractivity contribution is 6.17. The van der Waals surface area contributed by atoms with Crippen LogP contribution in [0.25, 0.3) is 22.1 Å². The Morgan fingerprint density at radius 2 is 1.19 bits per heavy atom. The molecule has 4 aromatic carbocycles. The Morgan fingerprint density at radius 3 is 1.74 bits per heavy atom. The first kappa shape index (κ1) is 42.7. The monoisotopic (exact) mass is 798 g/mol. The molecule has 0 spiro atoms. The smallest absolute Gasteiger partial charge is 0.413 e. The summed E-state index contributed by atoms with van der Waals surface area (Å²) >= 11 is 5.03. The van der Waals surface area contributed by atoms with Gasteiger partial charge in [0, 0.05) is 35.1 Å². The lowest BCUT2D eigenvalue weighted by atomic mass is 10.0. The van der Waals surface area contributed by atoms with Crippen LogP contribution in [0.4, 0.5) is 21.5 Å². The molecule has 6 aromatic rings. The number of nitrogens with one attached hydrogen (secondary N) is 3. The zero-order valence-corrected chi connectivity index (χ0v) is 32.1. The number of methoxy groups -OCH3 is 2. The van der Waals surface area contributed by atoms with Gasteiger partial charge in [-0.25, -0.2) is 19.6 Å². The third-order valence-electron chi connectivity index (χ3n) is 7.78. The Morgan fingerprint density at radius 1 is 0.649 bits per heavy atom. The molecule has 0 bridgehead atoms. The molecule has 2 heterocycles. The fraction of sp³-hybridized carbons (Fsp3) is 0.200. The van der Waals surface area contributed by atoms with Crippen LogP contribution in [0.1, 0.15) is 58.5 Å². The van der Waals surface area contributed by atoms with Crippen molar-refractivity contribution in [2.24, 2.45) is 0 Å². The van der Waals surface area contributed by atoms with E-state index >= 15 is 0 Å². The quantitative estimate of drug-likeness (QED) is 0.0505. The first-order valence-electron chi connectivity index (χ1n) is 17.3. The van der Waals surface area contributed by atoms with E-state index in [4.69, 9.17) is 16.3 Å². The van der Waals surface area contributed by atoms with Crippen molar-refractivity contribution >= 4 is 81.3 Å². The van der Waals surface area contributed by atoms with Gasteiger partial charge >= 0.3 is 24.1 Å². The molecule has 0 saturated heterocycles. The lowest BCUT2D eigenvalue weighted by Gasteiger charge is -2.10. The minimum Gasteiger partial charge on any atom is -0.453 e. The van der Waals surface area contributed by atoms with E-state index in [2.05, 4.69) is 39.8 Å². The number of H-pyrrole nitrogens is 1. The predicted octanol–water partition coefficient (Wildman–Crippen LogP) is 7.46. The molecule has 0 fully saturated rings. The van der Waals surface area contributed by atoms with E-state index in [1.54, 1.807) is 86.6 Å². The molecule has 57 heavy (non-hydrogen) atoms. The van der Waals surface area contributed by atoms with E-state index in [1.807, 2.05) is 24.3 Å². The molecule has 0 aliphatic heterocycles. The number of imidazole rings is 2. The number of aromatic nitrogens is 4. The van der Waals surface area contributed by atoms with Crippen molar-refractivity contribution < 1.29 is 47.7 Å². The first-order valence-corrected chi connectivity index (χ1v) is 17.8. The highest BCUT2D eigenvalue weighted by Gasteiger charge is 2.18. The van der Waals surface area contributed by atoms with Gasteiger partial charge in [-0.1, -0.05) is 86.1 Å². The van der Waals surface area contributed by atoms with E-state index in [0.29, 0.717) is 50.7 Å². The molecule has 0 radical (unpaired) electrons. The fourth-order valence-electron chi connectivity index (χ4n) is 4.91. The number of hydrogen-bond donors (Lipinski definition) is 3. The molecule has 0 aliphatic carbocycles. The molecule has 3 N–H and O–H groups in total. The number of nitrogens with zero attached hydrogens (tertiary/aromatic N) is 3. The van der Waals surface area contributed by atoms with Crippen LogP contribution in [-0.4, -0.2) is 75.5 Å². The minimum atomic E-state index is -0.709. The van der Waals surface area contributed by atoms with E-state index in [0.717, 1.165) is 0 Å². The standard InChI is InChI=1S/C20H19N3O5.C16H13N3O3.C4H7ClO2/c1-3-17(24)28-12-23-16-10-9-14(18(25)13-7-5-4-6-8-13)11-15(16)21-19(23)22-20(26)27-2;1-22-16(21)19-15-17-12-8-7-11(9-13(12)18-15)14(20)10-5-3-2-4-6-10;1-2-4(6)7-3-5/h4-11H,3,12H2,1-2H3,(H,21,22,26);2-9H,1H3,(H2,17,18,19,21);2-3H2,1H3. The van der Waals surface area contributed by atoms with Crippen LogP contribution in [0.2, 0.25) is 0 Å². The van der Waals surface area contributed by atoms with Crippen molar-refractivity contribution in [2.45, 2.75) is 33.4 Å². The lowest BCUT2D eigenvalue weighted by molar-refractivity contribution is -0.147. The summed E-state index contributed by atoms with van der Waals surface area (Å²) in [6.45, 7) is 3.27. The summed E-state index contributed by atoms with van der Waals surface area (Å²) in [5.74, 6) is -0.436. The van der Waals surface area contributed by atoms with Gasteiger partial charge in [0.1, 0.15) is 0 Å². The van der Waals surface area contributed by atoms with Gasteiger partial charge in [-0.3, -0.25) is 34.4 Å². The second-order valence-electron chi connectivity index (χ2n) is 11.5. The SMILES string of the molecule is CCC(=O)OCCl.CCC(=O)OCn1c(NC(=O)OC)nc2cc(C(=O)c3ccccc3)ccc21.COC(=O)Nc1nc2ccc(C(=O)c3ccccc3)cc2[nH]1. The van der Waals surface area contributed by atoms with Crippen LogP contribution >= 0.6 is 11.6 Å². The third-order valence-corrected chi connectivity index (χ3v) is 7.89. The number of anilines is 2. The molecule has 0 atom stereocenters. The molecule has 16 nitrogen and oxygen atoms in total. The second-order valence-corrected chi connectivity index (χ2v) is 11.7. The number of carbonyl (C=O) groups excluding carboxylic acids is 6. The van der Waals surface area contributed by atoms with Crippen LogP contribution in [0.15, 0.2) is 97.1 Å². The number of alkyl halides is 1. The van der Waals surface area contributed by atoms with Gasteiger partial charge in [0.15, 0.2) is 24.4 Å². The summed E-state index contributed by atoms with van der Waals surface area (Å²) in [7, 11) is 2.50. The molecule has 2 amide bonds. The summed E-state index contributed by atoms with van der Waals surface area (Å²) in [6, 6.07) is 28.0. The van der Waals surface area contributed by atoms with Gasteiger partial charge in [0.25, 0.3) is 0 Å². The van der Waals surface area contributed by atoms with Crippen LogP contribution in [0.5, 0.6) is 0 Å². The maximum atomic E-state index is 12.7. The number of amides is 2. The summed E-state index contributed by atoms with van der Waals surface area (Å²) in [4.78, 5) is 81.0. The highest BCUT2D eigenvalue weighted by atomic mass is 35.5. The number of benzene rings is 4. The van der Waals surface area contributed by atoms with Crippen molar-refractivity contribution in [1.82, 2.24) is 19.5 Å². The number of halogens is 1. The number of ketones is 2. The number of aromatic amines is 1. The van der Waals surface area contributed by atoms with Gasteiger partial charge in [-0.2, -0.15) is 0 Å². The number of hydrogen-bond acceptors (Lipinski definition) is 12. The number of carbonyl (C=O) groups is 6. The van der Waals surface area contributed by atoms with Crippen molar-refractivity contribution in [3.63, 3.8) is 0 Å². The Kier molecular flexibility index (Phi) is 15.8. The number of ether oxygens (including phenoxy) is 4. The Labute approximate surface area is 331 Å². The van der Waals surface area contributed by atoms with Crippen molar-refractivity contribution in [1.29, 1.82) is 0 Å². The molecule has 296 valence electrons. The molecule has 0 aliphatic rings. The van der Waals surface area contributed by atoms with E-state index in [-0.39, 0.29) is 54.6 Å². The zero-order valence-electron chi connectivity index (χ0n) is 31.4. The van der Waals surface area contributed by atoms with Crippen molar-refractivity contribution in [3.05, 3.63) is 119 Å². The first-order chi connectivity index (χ1) is 27.5. The van der Waals surface area contributed by atoms with Gasteiger partial charge in [-0.15, -0.1) is 0 Å². The van der Waals surface area contributed by atoms with Gasteiger partial charge in [-0.05, 0) is 36.4 Å². The van der Waals surface area contributed by atoms with E-state index in [9.17, 15) is 28.8 Å². The number of esters is 2. The maximum Gasteiger partial charge on any atom is 0.413 e. The molecule has 17 heteroatoms. The van der Waals surface area contributed by atoms with Crippen molar-refractivity contribution in [3.8, 4) is 0 Å². The minimum absolute atomic E-state index is 0.0350. The second kappa shape index (κ2) is 21.1. The summed E-state index contributed by atoms with van der Waals surface area (Å²) < 4.78 is 20.1. The van der Waals surface area contributed by atoms with Crippen LogP contribution < -0.4 is 10.6 Å². The lowest BCUT2D eigenvalue weighted by Crippen LogP contribution is -2.17. The summed E-state index contributed by atoms with van der Waals surface area (Å²) in [5, 5.41) is 4.93. The van der Waals surface area contributed by atoms with Gasteiger partial charge in [0.2, 0.25) is 11.9 Å². The Bertz CT molecular complexity index is 2350. The van der Waals surface area contributed by atoms with Crippen molar-refractivity contribution in [2.75, 3.05) is 30.9 Å². The topological polar surface area (TPSA) is 210 Å². The predicted molar refractivity (Wildman–Crippen MR) is 211 cm³/mol. The molecular formula is C40H39ClN6O10. The normalized spacial score (nSPS) is 10.2.